The third kappa shape index (κ3) is 5.19. The smallest absolute Gasteiger partial charge is 0.332 e. The predicted molar refractivity (Wildman–Crippen MR) is 128 cm³/mol. The van der Waals surface area contributed by atoms with E-state index in [0.717, 1.165) is 49.4 Å². The third-order valence-electron chi connectivity index (χ3n) is 6.24. The number of aryl methyl sites for hydroxylation is 2. The number of anilines is 1. The zero-order valence-electron chi connectivity index (χ0n) is 19.3. The molecule has 0 aliphatic carbocycles. The molecule has 4 rings (SSSR count). The number of imidazole rings is 1. The van der Waals surface area contributed by atoms with E-state index in [1.807, 2.05) is 37.4 Å². The second-order valence-electron chi connectivity index (χ2n) is 8.64. The molecule has 1 fully saturated rings. The van der Waals surface area contributed by atoms with E-state index in [2.05, 4.69) is 14.5 Å². The molecule has 33 heavy (non-hydrogen) atoms. The first-order chi connectivity index (χ1) is 16.0. The van der Waals surface area contributed by atoms with Crippen LogP contribution in [0.1, 0.15) is 30.5 Å². The minimum absolute atomic E-state index is 0.0395. The Labute approximate surface area is 193 Å². The monoisotopic (exact) mass is 452 g/mol. The van der Waals surface area contributed by atoms with Crippen molar-refractivity contribution in [3.05, 3.63) is 75.0 Å². The van der Waals surface area contributed by atoms with E-state index >= 15 is 0 Å². The van der Waals surface area contributed by atoms with E-state index in [-0.39, 0.29) is 23.8 Å². The molecule has 1 saturated heterocycles. The number of nitrogens with zero attached hydrogens (tertiary/aromatic N) is 5. The number of hydrogen-bond acceptors (Lipinski definition) is 6. The minimum Gasteiger partial charge on any atom is -0.497 e. The Morgan fingerprint density at radius 3 is 2.61 bits per heavy atom. The van der Waals surface area contributed by atoms with Crippen LogP contribution in [0.3, 0.4) is 0 Å². The molecule has 0 unspecified atom stereocenters. The fourth-order valence-corrected chi connectivity index (χ4v) is 4.37. The van der Waals surface area contributed by atoms with Gasteiger partial charge in [-0.3, -0.25) is 13.9 Å². The summed E-state index contributed by atoms with van der Waals surface area (Å²) >= 11 is 0. The summed E-state index contributed by atoms with van der Waals surface area (Å²) in [6.45, 7) is 4.89. The Morgan fingerprint density at radius 1 is 1.15 bits per heavy atom. The molecule has 176 valence electrons. The Morgan fingerprint density at radius 2 is 1.94 bits per heavy atom. The van der Waals surface area contributed by atoms with Crippen LogP contribution in [-0.4, -0.2) is 44.9 Å². The van der Waals surface area contributed by atoms with Gasteiger partial charge >= 0.3 is 5.69 Å². The standard InChI is InChI=1S/C24H32N6O3/c1-18-14-26-17-28(18)11-4-12-29-22(27-10-3-5-20(25)16-27)13-23(31)30(24(29)32)15-19-6-8-21(33-2)9-7-19/h6-9,13-14,17,20H,3-5,10-12,15-16,25H2,1-2H3/t20-/m1/s1. The molecule has 0 bridgehead atoms. The van der Waals surface area contributed by atoms with Crippen molar-refractivity contribution in [1.82, 2.24) is 18.7 Å². The first-order valence-electron chi connectivity index (χ1n) is 11.4. The van der Waals surface area contributed by atoms with E-state index in [9.17, 15) is 9.59 Å². The summed E-state index contributed by atoms with van der Waals surface area (Å²) in [5.74, 6) is 1.39. The Balaban J connectivity index is 1.65. The molecule has 0 radical (unpaired) electrons. The largest absolute Gasteiger partial charge is 0.497 e. The maximum absolute atomic E-state index is 13.5. The maximum Gasteiger partial charge on any atom is 0.332 e. The van der Waals surface area contributed by atoms with Crippen LogP contribution in [0.15, 0.2) is 52.4 Å². The summed E-state index contributed by atoms with van der Waals surface area (Å²) in [5.41, 5.74) is 7.54. The van der Waals surface area contributed by atoms with E-state index in [1.54, 1.807) is 24.1 Å². The maximum atomic E-state index is 13.5. The van der Waals surface area contributed by atoms with Crippen LogP contribution >= 0.6 is 0 Å². The third-order valence-corrected chi connectivity index (χ3v) is 6.24. The summed E-state index contributed by atoms with van der Waals surface area (Å²) in [5, 5.41) is 0. The molecular formula is C24H32N6O3. The van der Waals surface area contributed by atoms with Crippen LogP contribution in [0, 0.1) is 6.92 Å². The highest BCUT2D eigenvalue weighted by Gasteiger charge is 2.22. The molecule has 1 aliphatic heterocycles. The van der Waals surface area contributed by atoms with Gasteiger partial charge < -0.3 is 19.9 Å². The molecule has 1 aliphatic rings. The Bertz CT molecular complexity index is 1190. The number of nitrogens with two attached hydrogens (primary N) is 1. The van der Waals surface area contributed by atoms with Gasteiger partial charge in [-0.05, 0) is 43.9 Å². The van der Waals surface area contributed by atoms with Gasteiger partial charge in [-0.2, -0.15) is 0 Å². The first-order valence-corrected chi connectivity index (χ1v) is 11.4. The lowest BCUT2D eigenvalue weighted by Crippen LogP contribution is -2.48. The summed E-state index contributed by atoms with van der Waals surface area (Å²) < 4.78 is 10.3. The van der Waals surface area contributed by atoms with Crippen molar-refractivity contribution in [3.63, 3.8) is 0 Å². The van der Waals surface area contributed by atoms with Gasteiger partial charge in [0.2, 0.25) is 0 Å². The summed E-state index contributed by atoms with van der Waals surface area (Å²) in [4.78, 5) is 32.8. The Kier molecular flexibility index (Phi) is 6.98. The molecule has 0 saturated carbocycles. The number of methoxy groups -OCH3 is 1. The van der Waals surface area contributed by atoms with Gasteiger partial charge in [-0.15, -0.1) is 0 Å². The van der Waals surface area contributed by atoms with Crippen LogP contribution in [0.4, 0.5) is 5.82 Å². The normalized spacial score (nSPS) is 16.2. The second kappa shape index (κ2) is 10.1. The molecule has 3 heterocycles. The van der Waals surface area contributed by atoms with Crippen LogP contribution in [0.2, 0.25) is 0 Å². The summed E-state index contributed by atoms with van der Waals surface area (Å²) in [6, 6.07) is 9.03. The number of rotatable bonds is 8. The van der Waals surface area contributed by atoms with E-state index < -0.39 is 0 Å². The van der Waals surface area contributed by atoms with Crippen LogP contribution < -0.4 is 26.6 Å². The van der Waals surface area contributed by atoms with Crippen LogP contribution in [0.25, 0.3) is 0 Å². The van der Waals surface area contributed by atoms with Gasteiger partial charge in [-0.25, -0.2) is 9.78 Å². The lowest BCUT2D eigenvalue weighted by Gasteiger charge is -2.34. The SMILES string of the molecule is COc1ccc(Cn2c(=O)cc(N3CCC[C@@H](N)C3)n(CCCn3cncc3C)c2=O)cc1. The number of benzene rings is 1. The predicted octanol–water partition coefficient (Wildman–Crippen LogP) is 1.59. The average Bonchev–Trinajstić information content (AvgIpc) is 3.22. The highest BCUT2D eigenvalue weighted by molar-refractivity contribution is 5.40. The number of piperidine rings is 1. The highest BCUT2D eigenvalue weighted by Crippen LogP contribution is 2.18. The number of aromatic nitrogens is 4. The van der Waals surface area contributed by atoms with E-state index in [0.29, 0.717) is 18.9 Å². The van der Waals surface area contributed by atoms with Gasteiger partial charge in [0.25, 0.3) is 5.56 Å². The molecule has 9 nitrogen and oxygen atoms in total. The molecule has 2 aromatic heterocycles. The number of hydrogen-bond donors (Lipinski definition) is 1. The Hall–Kier alpha value is -3.33. The second-order valence-corrected chi connectivity index (χ2v) is 8.64. The fourth-order valence-electron chi connectivity index (χ4n) is 4.37. The van der Waals surface area contributed by atoms with Crippen molar-refractivity contribution < 1.29 is 4.74 Å². The topological polar surface area (TPSA) is 100 Å². The van der Waals surface area contributed by atoms with Gasteiger partial charge in [0.15, 0.2) is 0 Å². The van der Waals surface area contributed by atoms with Crippen molar-refractivity contribution in [2.24, 2.45) is 5.73 Å². The van der Waals surface area contributed by atoms with Crippen molar-refractivity contribution in [1.29, 1.82) is 0 Å². The van der Waals surface area contributed by atoms with Crippen molar-refractivity contribution in [3.8, 4) is 5.75 Å². The van der Waals surface area contributed by atoms with Gasteiger partial charge in [0.05, 0.1) is 20.0 Å². The molecule has 0 amide bonds. The molecule has 1 atom stereocenters. The first kappa shape index (κ1) is 22.8. The molecule has 9 heteroatoms. The van der Waals surface area contributed by atoms with Gasteiger partial charge in [0, 0.05) is 50.2 Å². The molecule has 1 aromatic carbocycles. The lowest BCUT2D eigenvalue weighted by atomic mass is 10.1. The molecule has 2 N–H and O–H groups in total. The summed E-state index contributed by atoms with van der Waals surface area (Å²) in [7, 11) is 1.61. The van der Waals surface area contributed by atoms with Gasteiger partial charge in [-0.1, -0.05) is 12.1 Å². The zero-order chi connectivity index (χ0) is 23.4. The van der Waals surface area contributed by atoms with Crippen molar-refractivity contribution >= 4 is 5.82 Å². The number of ether oxygens (including phenoxy) is 1. The van der Waals surface area contributed by atoms with Crippen LogP contribution in [0.5, 0.6) is 5.75 Å². The van der Waals surface area contributed by atoms with E-state index in [1.165, 1.54) is 4.57 Å². The van der Waals surface area contributed by atoms with Crippen molar-refractivity contribution in [2.75, 3.05) is 25.1 Å². The lowest BCUT2D eigenvalue weighted by molar-refractivity contribution is 0.414. The molecule has 0 spiro atoms. The summed E-state index contributed by atoms with van der Waals surface area (Å²) in [6.07, 6.45) is 6.26. The minimum atomic E-state index is -0.299. The molecular weight excluding hydrogens is 420 g/mol. The quantitative estimate of drug-likeness (QED) is 0.557. The van der Waals surface area contributed by atoms with Crippen LogP contribution in [-0.2, 0) is 19.6 Å². The van der Waals surface area contributed by atoms with E-state index in [4.69, 9.17) is 10.5 Å². The average molecular weight is 453 g/mol. The molecule has 3 aromatic rings. The highest BCUT2D eigenvalue weighted by atomic mass is 16.5. The fraction of sp³-hybridized carbons (Fsp3) is 0.458. The zero-order valence-corrected chi connectivity index (χ0v) is 19.3. The van der Waals surface area contributed by atoms with Crippen molar-refractivity contribution in [2.45, 2.75) is 51.9 Å². The van der Waals surface area contributed by atoms with Gasteiger partial charge in [0.1, 0.15) is 11.6 Å².